The van der Waals surface area contributed by atoms with E-state index in [1.807, 2.05) is 55.5 Å². The fourth-order valence-electron chi connectivity index (χ4n) is 2.96. The summed E-state index contributed by atoms with van der Waals surface area (Å²) in [6.07, 6.45) is 2.23. The third kappa shape index (κ3) is 6.54. The van der Waals surface area contributed by atoms with Crippen molar-refractivity contribution in [2.24, 2.45) is 0 Å². The van der Waals surface area contributed by atoms with Gasteiger partial charge in [-0.25, -0.2) is 0 Å². The number of benzene rings is 2. The van der Waals surface area contributed by atoms with Gasteiger partial charge in [-0.2, -0.15) is 0 Å². The van der Waals surface area contributed by atoms with Gasteiger partial charge in [-0.05, 0) is 49.6 Å². The van der Waals surface area contributed by atoms with Crippen molar-refractivity contribution in [1.29, 1.82) is 0 Å². The minimum atomic E-state index is -0.176. The molecular weight excluding hydrogens is 368 g/mol. The highest BCUT2D eigenvalue weighted by molar-refractivity contribution is 5.95. The first-order chi connectivity index (χ1) is 14.1. The number of ether oxygens (including phenoxy) is 3. The number of carbonyl (C=O) groups excluding carboxylic acids is 1. The van der Waals surface area contributed by atoms with Gasteiger partial charge in [-0.3, -0.25) is 4.79 Å². The van der Waals surface area contributed by atoms with Crippen LogP contribution in [-0.4, -0.2) is 38.4 Å². The van der Waals surface area contributed by atoms with E-state index in [9.17, 15) is 4.79 Å². The molecule has 0 bridgehead atoms. The van der Waals surface area contributed by atoms with Crippen molar-refractivity contribution in [3.8, 4) is 11.5 Å². The van der Waals surface area contributed by atoms with E-state index in [-0.39, 0.29) is 18.6 Å². The van der Waals surface area contributed by atoms with Crippen LogP contribution in [0.5, 0.6) is 11.5 Å². The Morgan fingerprint density at radius 2 is 1.79 bits per heavy atom. The molecule has 1 atom stereocenters. The molecule has 0 aromatic heterocycles. The minimum absolute atomic E-state index is 0.106. The quantitative estimate of drug-likeness (QED) is 0.588. The van der Waals surface area contributed by atoms with Gasteiger partial charge < -0.3 is 24.8 Å². The van der Waals surface area contributed by atoms with Crippen molar-refractivity contribution in [2.75, 3.05) is 37.0 Å². The standard InChI is InChI=1S/C23H28N2O4/c1-17(2)15-28-22-12-6-4-10-20(22)25-23(26)14-24-19-9-3-5-11-21(19)29-16-18-8-7-13-27-18/h3-6,9-12,18,24H,1,7-8,13-16H2,2H3,(H,25,26). The lowest BCUT2D eigenvalue weighted by atomic mass is 10.2. The molecule has 0 spiro atoms. The molecule has 1 heterocycles. The van der Waals surface area contributed by atoms with Crippen molar-refractivity contribution in [1.82, 2.24) is 0 Å². The average molecular weight is 396 g/mol. The van der Waals surface area contributed by atoms with Crippen LogP contribution in [0, 0.1) is 0 Å². The van der Waals surface area contributed by atoms with E-state index in [4.69, 9.17) is 14.2 Å². The molecule has 1 amide bonds. The summed E-state index contributed by atoms with van der Waals surface area (Å²) in [5, 5.41) is 6.03. The molecule has 29 heavy (non-hydrogen) atoms. The smallest absolute Gasteiger partial charge is 0.243 e. The number of rotatable bonds is 10. The van der Waals surface area contributed by atoms with Gasteiger partial charge in [0.1, 0.15) is 24.7 Å². The summed E-state index contributed by atoms with van der Waals surface area (Å²) in [5.74, 6) is 1.15. The number of carbonyl (C=O) groups is 1. The molecule has 1 unspecified atom stereocenters. The Balaban J connectivity index is 1.54. The summed E-state index contributed by atoms with van der Waals surface area (Å²) in [4.78, 5) is 12.4. The Hall–Kier alpha value is -2.99. The van der Waals surface area contributed by atoms with Crippen LogP contribution in [-0.2, 0) is 9.53 Å². The second kappa shape index (κ2) is 10.5. The van der Waals surface area contributed by atoms with Crippen molar-refractivity contribution < 1.29 is 19.0 Å². The number of anilines is 2. The number of para-hydroxylation sites is 4. The number of hydrogen-bond acceptors (Lipinski definition) is 5. The fourth-order valence-corrected chi connectivity index (χ4v) is 2.96. The number of hydrogen-bond donors (Lipinski definition) is 2. The second-order valence-corrected chi connectivity index (χ2v) is 7.09. The first-order valence-corrected chi connectivity index (χ1v) is 9.85. The summed E-state index contributed by atoms with van der Waals surface area (Å²) in [6, 6.07) is 14.9. The molecule has 2 aromatic carbocycles. The van der Waals surface area contributed by atoms with E-state index >= 15 is 0 Å². The molecule has 1 saturated heterocycles. The molecule has 0 radical (unpaired) electrons. The lowest BCUT2D eigenvalue weighted by Gasteiger charge is -2.16. The van der Waals surface area contributed by atoms with Crippen LogP contribution < -0.4 is 20.1 Å². The fraction of sp³-hybridized carbons (Fsp3) is 0.348. The van der Waals surface area contributed by atoms with Crippen molar-refractivity contribution in [3.63, 3.8) is 0 Å². The van der Waals surface area contributed by atoms with Crippen molar-refractivity contribution >= 4 is 17.3 Å². The number of nitrogens with one attached hydrogen (secondary N) is 2. The Kier molecular flexibility index (Phi) is 7.53. The Morgan fingerprint density at radius 3 is 2.48 bits per heavy atom. The van der Waals surface area contributed by atoms with Gasteiger partial charge in [0, 0.05) is 6.61 Å². The molecule has 6 heteroatoms. The molecule has 2 aromatic rings. The monoisotopic (exact) mass is 396 g/mol. The van der Waals surface area contributed by atoms with Gasteiger partial charge in [-0.15, -0.1) is 0 Å². The van der Waals surface area contributed by atoms with E-state index in [0.29, 0.717) is 30.4 Å². The maximum atomic E-state index is 12.4. The summed E-state index contributed by atoms with van der Waals surface area (Å²) in [7, 11) is 0. The largest absolute Gasteiger partial charge is 0.489 e. The van der Waals surface area contributed by atoms with Crippen molar-refractivity contribution in [2.45, 2.75) is 25.9 Å². The van der Waals surface area contributed by atoms with Crippen LogP contribution in [0.2, 0.25) is 0 Å². The predicted octanol–water partition coefficient (Wildman–Crippen LogP) is 4.25. The molecule has 0 aliphatic carbocycles. The van der Waals surface area contributed by atoms with Gasteiger partial charge in [0.05, 0.1) is 24.0 Å². The highest BCUT2D eigenvalue weighted by Crippen LogP contribution is 2.26. The lowest BCUT2D eigenvalue weighted by molar-refractivity contribution is -0.114. The summed E-state index contributed by atoms with van der Waals surface area (Å²) >= 11 is 0. The van der Waals surface area contributed by atoms with Gasteiger partial charge in [-0.1, -0.05) is 30.8 Å². The zero-order chi connectivity index (χ0) is 20.5. The van der Waals surface area contributed by atoms with Crippen LogP contribution in [0.1, 0.15) is 19.8 Å². The van der Waals surface area contributed by atoms with E-state index in [0.717, 1.165) is 30.7 Å². The zero-order valence-corrected chi connectivity index (χ0v) is 16.8. The first kappa shape index (κ1) is 20.7. The van der Waals surface area contributed by atoms with Crippen LogP contribution in [0.3, 0.4) is 0 Å². The van der Waals surface area contributed by atoms with Crippen LogP contribution in [0.15, 0.2) is 60.7 Å². The normalized spacial score (nSPS) is 15.6. The molecule has 3 rings (SSSR count). The van der Waals surface area contributed by atoms with Gasteiger partial charge in [0.25, 0.3) is 0 Å². The van der Waals surface area contributed by atoms with Crippen LogP contribution in [0.25, 0.3) is 0 Å². The minimum Gasteiger partial charge on any atom is -0.489 e. The van der Waals surface area contributed by atoms with E-state index < -0.39 is 0 Å². The molecule has 0 saturated carbocycles. The first-order valence-electron chi connectivity index (χ1n) is 9.85. The topological polar surface area (TPSA) is 68.8 Å². The molecule has 6 nitrogen and oxygen atoms in total. The molecular formula is C23H28N2O4. The number of amides is 1. The van der Waals surface area contributed by atoms with Gasteiger partial charge >= 0.3 is 0 Å². The average Bonchev–Trinajstić information content (AvgIpc) is 3.24. The Bertz CT molecular complexity index is 831. The maximum absolute atomic E-state index is 12.4. The zero-order valence-electron chi connectivity index (χ0n) is 16.8. The van der Waals surface area contributed by atoms with E-state index in [1.165, 1.54) is 0 Å². The van der Waals surface area contributed by atoms with Crippen LogP contribution >= 0.6 is 0 Å². The summed E-state index contributed by atoms with van der Waals surface area (Å²) < 4.78 is 17.2. The van der Waals surface area contributed by atoms with E-state index in [2.05, 4.69) is 17.2 Å². The SMILES string of the molecule is C=C(C)COc1ccccc1NC(=O)CNc1ccccc1OCC1CCCO1. The third-order valence-corrected chi connectivity index (χ3v) is 4.41. The highest BCUT2D eigenvalue weighted by atomic mass is 16.5. The maximum Gasteiger partial charge on any atom is 0.243 e. The van der Waals surface area contributed by atoms with E-state index in [1.54, 1.807) is 0 Å². The summed E-state index contributed by atoms with van der Waals surface area (Å²) in [5.41, 5.74) is 2.31. The predicted molar refractivity (Wildman–Crippen MR) is 115 cm³/mol. The van der Waals surface area contributed by atoms with Gasteiger partial charge in [0.2, 0.25) is 5.91 Å². The molecule has 154 valence electrons. The third-order valence-electron chi connectivity index (χ3n) is 4.41. The van der Waals surface area contributed by atoms with Crippen molar-refractivity contribution in [3.05, 3.63) is 60.7 Å². The summed E-state index contributed by atoms with van der Waals surface area (Å²) in [6.45, 7) is 7.54. The molecule has 1 aliphatic heterocycles. The Labute approximate surface area is 171 Å². The Morgan fingerprint density at radius 1 is 1.10 bits per heavy atom. The lowest BCUT2D eigenvalue weighted by Crippen LogP contribution is -2.23. The molecule has 1 aliphatic rings. The van der Waals surface area contributed by atoms with Crippen LogP contribution in [0.4, 0.5) is 11.4 Å². The van der Waals surface area contributed by atoms with Gasteiger partial charge in [0.15, 0.2) is 0 Å². The molecule has 2 N–H and O–H groups in total. The highest BCUT2D eigenvalue weighted by Gasteiger charge is 2.17. The molecule has 1 fully saturated rings. The second-order valence-electron chi connectivity index (χ2n) is 7.09.